The Morgan fingerprint density at radius 1 is 1.44 bits per heavy atom. The number of halogens is 1. The van der Waals surface area contributed by atoms with Crippen molar-refractivity contribution in [3.05, 3.63) is 50.7 Å². The highest BCUT2D eigenvalue weighted by molar-refractivity contribution is 7.10. The molecule has 18 heavy (non-hydrogen) atoms. The molecule has 1 aliphatic rings. The molecular formula is C13H10ClNO2S. The third-order valence-electron chi connectivity index (χ3n) is 2.94. The van der Waals surface area contributed by atoms with Crippen molar-refractivity contribution < 1.29 is 9.90 Å². The van der Waals surface area contributed by atoms with Gasteiger partial charge in [0.05, 0.1) is 17.1 Å². The lowest BCUT2D eigenvalue weighted by molar-refractivity contribution is -0.115. The normalized spacial score (nSPS) is 15.3. The van der Waals surface area contributed by atoms with Crippen LogP contribution in [-0.4, -0.2) is 11.0 Å². The number of amides is 1. The van der Waals surface area contributed by atoms with Crippen LogP contribution in [0.4, 0.5) is 5.69 Å². The van der Waals surface area contributed by atoms with Gasteiger partial charge in [-0.3, -0.25) is 4.79 Å². The predicted molar refractivity (Wildman–Crippen MR) is 72.2 cm³/mol. The number of carbonyl (C=O) groups excluding carboxylic acids is 1. The Balaban J connectivity index is 2.02. The summed E-state index contributed by atoms with van der Waals surface area (Å²) in [5, 5.41) is 15.4. The van der Waals surface area contributed by atoms with Crippen LogP contribution in [0.5, 0.6) is 0 Å². The maximum Gasteiger partial charge on any atom is 0.228 e. The number of benzene rings is 1. The first-order valence-electron chi connectivity index (χ1n) is 5.49. The summed E-state index contributed by atoms with van der Waals surface area (Å²) >= 11 is 7.61. The van der Waals surface area contributed by atoms with Crippen molar-refractivity contribution >= 4 is 34.5 Å². The van der Waals surface area contributed by atoms with Gasteiger partial charge in [-0.2, -0.15) is 0 Å². The average Bonchev–Trinajstić information content (AvgIpc) is 2.96. The number of thiophene rings is 1. The Kier molecular flexibility index (Phi) is 2.86. The number of rotatable bonds is 2. The molecule has 1 aromatic carbocycles. The number of hydrogen-bond acceptors (Lipinski definition) is 3. The molecule has 0 spiro atoms. The molecule has 1 atom stereocenters. The molecule has 3 nitrogen and oxygen atoms in total. The molecule has 0 bridgehead atoms. The molecule has 0 saturated heterocycles. The van der Waals surface area contributed by atoms with Crippen LogP contribution in [0, 0.1) is 0 Å². The summed E-state index contributed by atoms with van der Waals surface area (Å²) in [5.74, 6) is -0.0605. The van der Waals surface area contributed by atoms with Gasteiger partial charge < -0.3 is 10.4 Å². The first-order valence-corrected chi connectivity index (χ1v) is 6.74. The number of nitrogens with one attached hydrogen (secondary N) is 1. The Hall–Kier alpha value is -1.36. The molecule has 92 valence electrons. The van der Waals surface area contributed by atoms with Gasteiger partial charge in [-0.05, 0) is 28.6 Å². The average molecular weight is 280 g/mol. The lowest BCUT2D eigenvalue weighted by Crippen LogP contribution is -2.03. The molecule has 1 unspecified atom stereocenters. The van der Waals surface area contributed by atoms with Crippen LogP contribution in [0.2, 0.25) is 5.02 Å². The molecule has 1 aliphatic heterocycles. The SMILES string of the molecule is O=C1Cc2cc(C(O)c3cccs3)cc(Cl)c2N1. The molecule has 5 heteroatoms. The summed E-state index contributed by atoms with van der Waals surface area (Å²) in [4.78, 5) is 12.2. The minimum atomic E-state index is -0.691. The topological polar surface area (TPSA) is 49.3 Å². The standard InChI is InChI=1S/C13H10ClNO2S/c14-9-5-8(13(17)10-2-1-3-18-10)4-7-6-11(16)15-12(7)9/h1-5,13,17H,6H2,(H,15,16). The first kappa shape index (κ1) is 11.7. The quantitative estimate of drug-likeness (QED) is 0.888. The number of fused-ring (bicyclic) bond motifs is 1. The van der Waals surface area contributed by atoms with Gasteiger partial charge in [0.25, 0.3) is 0 Å². The predicted octanol–water partition coefficient (Wildman–Crippen LogP) is 2.98. The number of carbonyl (C=O) groups is 1. The van der Waals surface area contributed by atoms with E-state index in [1.807, 2.05) is 23.6 Å². The van der Waals surface area contributed by atoms with Crippen molar-refractivity contribution in [3.8, 4) is 0 Å². The lowest BCUT2D eigenvalue weighted by Gasteiger charge is -2.11. The van der Waals surface area contributed by atoms with Crippen LogP contribution >= 0.6 is 22.9 Å². The van der Waals surface area contributed by atoms with Crippen LogP contribution in [0.3, 0.4) is 0 Å². The van der Waals surface area contributed by atoms with E-state index in [2.05, 4.69) is 5.32 Å². The van der Waals surface area contributed by atoms with Gasteiger partial charge in [0, 0.05) is 4.88 Å². The molecule has 2 N–H and O–H groups in total. The fraction of sp³-hybridized carbons (Fsp3) is 0.154. The van der Waals surface area contributed by atoms with E-state index in [1.165, 1.54) is 11.3 Å². The van der Waals surface area contributed by atoms with Gasteiger partial charge in [-0.25, -0.2) is 0 Å². The Morgan fingerprint density at radius 3 is 3.00 bits per heavy atom. The van der Waals surface area contributed by atoms with Crippen molar-refractivity contribution in [3.63, 3.8) is 0 Å². The zero-order chi connectivity index (χ0) is 12.7. The molecule has 0 fully saturated rings. The summed E-state index contributed by atoms with van der Waals surface area (Å²) in [6.45, 7) is 0. The fourth-order valence-corrected chi connectivity index (χ4v) is 3.12. The van der Waals surface area contributed by atoms with Crippen molar-refractivity contribution in [1.29, 1.82) is 0 Å². The van der Waals surface area contributed by atoms with E-state index in [-0.39, 0.29) is 5.91 Å². The maximum absolute atomic E-state index is 11.3. The number of aliphatic hydroxyl groups excluding tert-OH is 1. The van der Waals surface area contributed by atoms with E-state index in [9.17, 15) is 9.90 Å². The summed E-state index contributed by atoms with van der Waals surface area (Å²) < 4.78 is 0. The number of hydrogen-bond donors (Lipinski definition) is 2. The zero-order valence-electron chi connectivity index (χ0n) is 9.31. The summed E-state index contributed by atoms with van der Waals surface area (Å²) in [7, 11) is 0. The minimum absolute atomic E-state index is 0.0605. The van der Waals surface area contributed by atoms with Gasteiger partial charge in [0.1, 0.15) is 6.10 Å². The van der Waals surface area contributed by atoms with E-state index < -0.39 is 6.10 Å². The maximum atomic E-state index is 11.3. The van der Waals surface area contributed by atoms with Crippen LogP contribution < -0.4 is 5.32 Å². The Morgan fingerprint density at radius 2 is 2.28 bits per heavy atom. The van der Waals surface area contributed by atoms with Crippen molar-refractivity contribution in [2.45, 2.75) is 12.5 Å². The van der Waals surface area contributed by atoms with Crippen molar-refractivity contribution in [1.82, 2.24) is 0 Å². The summed E-state index contributed by atoms with van der Waals surface area (Å²) in [5.41, 5.74) is 2.24. The first-order chi connectivity index (χ1) is 8.65. The molecule has 0 radical (unpaired) electrons. The Bertz CT molecular complexity index is 610. The monoisotopic (exact) mass is 279 g/mol. The highest BCUT2D eigenvalue weighted by Crippen LogP contribution is 2.36. The second-order valence-electron chi connectivity index (χ2n) is 4.18. The minimum Gasteiger partial charge on any atom is -0.383 e. The van der Waals surface area contributed by atoms with E-state index in [4.69, 9.17) is 11.6 Å². The largest absolute Gasteiger partial charge is 0.383 e. The van der Waals surface area contributed by atoms with E-state index >= 15 is 0 Å². The number of anilines is 1. The summed E-state index contributed by atoms with van der Waals surface area (Å²) in [6, 6.07) is 7.31. The van der Waals surface area contributed by atoms with Gasteiger partial charge >= 0.3 is 0 Å². The smallest absolute Gasteiger partial charge is 0.228 e. The fourth-order valence-electron chi connectivity index (χ4n) is 2.09. The van der Waals surface area contributed by atoms with Crippen LogP contribution in [0.25, 0.3) is 0 Å². The highest BCUT2D eigenvalue weighted by Gasteiger charge is 2.23. The summed E-state index contributed by atoms with van der Waals surface area (Å²) in [6.07, 6.45) is -0.372. The highest BCUT2D eigenvalue weighted by atomic mass is 35.5. The van der Waals surface area contributed by atoms with E-state index in [1.54, 1.807) is 6.07 Å². The molecule has 2 aromatic rings. The molecule has 1 amide bonds. The van der Waals surface area contributed by atoms with Crippen LogP contribution in [0.15, 0.2) is 29.6 Å². The molecule has 2 heterocycles. The van der Waals surface area contributed by atoms with Crippen LogP contribution in [-0.2, 0) is 11.2 Å². The molecule has 3 rings (SSSR count). The Labute approximate surface area is 113 Å². The molecular weight excluding hydrogens is 270 g/mol. The van der Waals surface area contributed by atoms with Crippen LogP contribution in [0.1, 0.15) is 22.1 Å². The third-order valence-corrected chi connectivity index (χ3v) is 4.16. The molecule has 0 aliphatic carbocycles. The van der Waals surface area contributed by atoms with Gasteiger partial charge in [0.15, 0.2) is 0 Å². The lowest BCUT2D eigenvalue weighted by atomic mass is 10.0. The third kappa shape index (κ3) is 1.92. The van der Waals surface area contributed by atoms with Gasteiger partial charge in [0.2, 0.25) is 5.91 Å². The van der Waals surface area contributed by atoms with Gasteiger partial charge in [-0.15, -0.1) is 11.3 Å². The van der Waals surface area contributed by atoms with Crippen molar-refractivity contribution in [2.75, 3.05) is 5.32 Å². The van der Waals surface area contributed by atoms with E-state index in [0.29, 0.717) is 17.1 Å². The van der Waals surface area contributed by atoms with Crippen molar-refractivity contribution in [2.24, 2.45) is 0 Å². The second kappa shape index (κ2) is 4.39. The second-order valence-corrected chi connectivity index (χ2v) is 5.57. The zero-order valence-corrected chi connectivity index (χ0v) is 10.9. The van der Waals surface area contributed by atoms with Gasteiger partial charge in [-0.1, -0.05) is 23.7 Å². The molecule has 1 aromatic heterocycles. The molecule has 0 saturated carbocycles. The number of aliphatic hydroxyl groups is 1. The van der Waals surface area contributed by atoms with E-state index in [0.717, 1.165) is 16.0 Å².